The van der Waals surface area contributed by atoms with Gasteiger partial charge in [0.1, 0.15) is 6.04 Å². The molecule has 0 spiro atoms. The van der Waals surface area contributed by atoms with Crippen LogP contribution in [-0.4, -0.2) is 36.7 Å². The molecule has 1 aliphatic rings. The molecule has 2 N–H and O–H groups in total. The SMILES string of the molecule is C[C@H](NC(=O)C1COCCN1)c1cccnc1.Cl.Cl. The number of pyridine rings is 1. The largest absolute Gasteiger partial charge is 0.378 e. The Bertz CT molecular complexity index is 372. The first-order valence-corrected chi connectivity index (χ1v) is 5.79. The predicted molar refractivity (Wildman–Crippen MR) is 77.9 cm³/mol. The lowest BCUT2D eigenvalue weighted by Gasteiger charge is -2.24. The van der Waals surface area contributed by atoms with Crippen molar-refractivity contribution in [3.8, 4) is 0 Å². The first-order valence-electron chi connectivity index (χ1n) is 5.79. The first-order chi connectivity index (χ1) is 8.27. The highest BCUT2D eigenvalue weighted by atomic mass is 35.5. The first kappa shape index (κ1) is 18.1. The minimum absolute atomic E-state index is 0. The van der Waals surface area contributed by atoms with Gasteiger partial charge in [0.05, 0.1) is 19.3 Å². The van der Waals surface area contributed by atoms with Crippen LogP contribution < -0.4 is 10.6 Å². The van der Waals surface area contributed by atoms with Crippen LogP contribution >= 0.6 is 24.8 Å². The molecule has 0 aliphatic carbocycles. The average Bonchev–Trinajstić information content (AvgIpc) is 2.40. The highest BCUT2D eigenvalue weighted by Gasteiger charge is 2.22. The number of rotatable bonds is 3. The van der Waals surface area contributed by atoms with Crippen molar-refractivity contribution < 1.29 is 9.53 Å². The van der Waals surface area contributed by atoms with Gasteiger partial charge in [-0.05, 0) is 18.6 Å². The minimum atomic E-state index is -0.247. The third-order valence-electron chi connectivity index (χ3n) is 2.78. The van der Waals surface area contributed by atoms with E-state index in [4.69, 9.17) is 4.74 Å². The number of morpholine rings is 1. The zero-order valence-corrected chi connectivity index (χ0v) is 12.3. The Morgan fingerprint density at radius 2 is 2.37 bits per heavy atom. The van der Waals surface area contributed by atoms with Gasteiger partial charge in [0, 0.05) is 18.9 Å². The molecule has 2 rings (SSSR count). The molecule has 1 saturated heterocycles. The molecule has 108 valence electrons. The molecular formula is C12H19Cl2N3O2. The van der Waals surface area contributed by atoms with E-state index in [0.29, 0.717) is 13.2 Å². The van der Waals surface area contributed by atoms with Crippen LogP contribution in [0.3, 0.4) is 0 Å². The molecule has 7 heteroatoms. The molecule has 5 nitrogen and oxygen atoms in total. The summed E-state index contributed by atoms with van der Waals surface area (Å²) in [6.07, 6.45) is 3.48. The van der Waals surface area contributed by atoms with Crippen molar-refractivity contribution in [2.24, 2.45) is 0 Å². The summed E-state index contributed by atoms with van der Waals surface area (Å²) in [5, 5.41) is 6.07. The molecule has 0 saturated carbocycles. The van der Waals surface area contributed by atoms with Crippen LogP contribution in [0.4, 0.5) is 0 Å². The van der Waals surface area contributed by atoms with Crippen molar-refractivity contribution in [1.29, 1.82) is 0 Å². The number of carbonyl (C=O) groups excluding carboxylic acids is 1. The lowest BCUT2D eigenvalue weighted by Crippen LogP contribution is -2.51. The lowest BCUT2D eigenvalue weighted by molar-refractivity contribution is -0.126. The Kier molecular flexibility index (Phi) is 8.67. The van der Waals surface area contributed by atoms with Gasteiger partial charge in [0.15, 0.2) is 0 Å². The molecule has 19 heavy (non-hydrogen) atoms. The summed E-state index contributed by atoms with van der Waals surface area (Å²) < 4.78 is 5.25. The quantitative estimate of drug-likeness (QED) is 0.877. The number of hydrogen-bond donors (Lipinski definition) is 2. The molecule has 0 radical (unpaired) electrons. The van der Waals surface area contributed by atoms with Gasteiger partial charge >= 0.3 is 0 Å². The Labute approximate surface area is 125 Å². The molecule has 0 aromatic carbocycles. The summed E-state index contributed by atoms with van der Waals surface area (Å²) in [6, 6.07) is 3.52. The van der Waals surface area contributed by atoms with Crippen molar-refractivity contribution in [2.45, 2.75) is 19.0 Å². The maximum atomic E-state index is 11.9. The summed E-state index contributed by atoms with van der Waals surface area (Å²) in [6.45, 7) is 3.77. The minimum Gasteiger partial charge on any atom is -0.378 e. The molecule has 2 atom stereocenters. The smallest absolute Gasteiger partial charge is 0.240 e. The second-order valence-corrected chi connectivity index (χ2v) is 4.10. The van der Waals surface area contributed by atoms with Gasteiger partial charge in [-0.3, -0.25) is 9.78 Å². The lowest BCUT2D eigenvalue weighted by atomic mass is 10.1. The number of ether oxygens (including phenoxy) is 1. The van der Waals surface area contributed by atoms with E-state index in [1.165, 1.54) is 0 Å². The number of halogens is 2. The maximum absolute atomic E-state index is 11.9. The van der Waals surface area contributed by atoms with Crippen LogP contribution in [0.25, 0.3) is 0 Å². The van der Waals surface area contributed by atoms with Crippen LogP contribution in [-0.2, 0) is 9.53 Å². The van der Waals surface area contributed by atoms with Crippen molar-refractivity contribution in [2.75, 3.05) is 19.8 Å². The van der Waals surface area contributed by atoms with Crippen LogP contribution in [0.1, 0.15) is 18.5 Å². The second kappa shape index (κ2) is 9.09. The van der Waals surface area contributed by atoms with Gasteiger partial charge in [-0.25, -0.2) is 0 Å². The number of carbonyl (C=O) groups is 1. The van der Waals surface area contributed by atoms with Gasteiger partial charge in [0.2, 0.25) is 5.91 Å². The van der Waals surface area contributed by atoms with E-state index in [1.807, 2.05) is 19.1 Å². The highest BCUT2D eigenvalue weighted by molar-refractivity contribution is 5.85. The van der Waals surface area contributed by atoms with E-state index in [9.17, 15) is 4.79 Å². The second-order valence-electron chi connectivity index (χ2n) is 4.10. The Balaban J connectivity index is 0.00000162. The van der Waals surface area contributed by atoms with Crippen molar-refractivity contribution in [3.63, 3.8) is 0 Å². The van der Waals surface area contributed by atoms with Crippen LogP contribution in [0.5, 0.6) is 0 Å². The maximum Gasteiger partial charge on any atom is 0.240 e. The normalized spacial score (nSPS) is 19.5. The molecule has 1 amide bonds. The van der Waals surface area contributed by atoms with Gasteiger partial charge < -0.3 is 15.4 Å². The van der Waals surface area contributed by atoms with E-state index >= 15 is 0 Å². The summed E-state index contributed by atoms with van der Waals surface area (Å²) in [4.78, 5) is 15.9. The number of nitrogens with zero attached hydrogens (tertiary/aromatic N) is 1. The third kappa shape index (κ3) is 5.32. The van der Waals surface area contributed by atoms with Gasteiger partial charge in [0.25, 0.3) is 0 Å². The molecular weight excluding hydrogens is 289 g/mol. The van der Waals surface area contributed by atoms with E-state index in [1.54, 1.807) is 12.4 Å². The fourth-order valence-corrected chi connectivity index (χ4v) is 1.76. The van der Waals surface area contributed by atoms with E-state index in [0.717, 1.165) is 12.1 Å². The third-order valence-corrected chi connectivity index (χ3v) is 2.78. The zero-order valence-electron chi connectivity index (χ0n) is 10.7. The topological polar surface area (TPSA) is 63.2 Å². The summed E-state index contributed by atoms with van der Waals surface area (Å²) >= 11 is 0. The van der Waals surface area contributed by atoms with Crippen LogP contribution in [0.2, 0.25) is 0 Å². The van der Waals surface area contributed by atoms with Gasteiger partial charge in [-0.1, -0.05) is 6.07 Å². The van der Waals surface area contributed by atoms with E-state index in [2.05, 4.69) is 15.6 Å². The number of nitrogens with one attached hydrogen (secondary N) is 2. The molecule has 1 aliphatic heterocycles. The number of aromatic nitrogens is 1. The van der Waals surface area contributed by atoms with Gasteiger partial charge in [-0.15, -0.1) is 24.8 Å². The fraction of sp³-hybridized carbons (Fsp3) is 0.500. The van der Waals surface area contributed by atoms with Crippen LogP contribution in [0.15, 0.2) is 24.5 Å². The van der Waals surface area contributed by atoms with Gasteiger partial charge in [-0.2, -0.15) is 0 Å². The Morgan fingerprint density at radius 3 is 2.95 bits per heavy atom. The average molecular weight is 308 g/mol. The fourth-order valence-electron chi connectivity index (χ4n) is 1.76. The molecule has 1 unspecified atom stereocenters. The number of amides is 1. The summed E-state index contributed by atoms with van der Waals surface area (Å²) in [7, 11) is 0. The molecule has 1 aromatic rings. The van der Waals surface area contributed by atoms with Crippen molar-refractivity contribution >= 4 is 30.7 Å². The van der Waals surface area contributed by atoms with E-state index in [-0.39, 0.29) is 42.8 Å². The van der Waals surface area contributed by atoms with Crippen molar-refractivity contribution in [3.05, 3.63) is 30.1 Å². The Hall–Kier alpha value is -0.880. The van der Waals surface area contributed by atoms with Crippen LogP contribution in [0, 0.1) is 0 Å². The standard InChI is InChI=1S/C12H17N3O2.2ClH/c1-9(10-3-2-4-13-7-10)15-12(16)11-8-17-6-5-14-11;;/h2-4,7,9,11,14H,5-6,8H2,1H3,(H,15,16);2*1H/t9-,11?;;/m0../s1. The van der Waals surface area contributed by atoms with Crippen molar-refractivity contribution in [1.82, 2.24) is 15.6 Å². The van der Waals surface area contributed by atoms with E-state index < -0.39 is 0 Å². The molecule has 2 heterocycles. The summed E-state index contributed by atoms with van der Waals surface area (Å²) in [5.74, 6) is -0.0268. The predicted octanol–water partition coefficient (Wildman–Crippen LogP) is 1.09. The zero-order chi connectivity index (χ0) is 12.1. The highest BCUT2D eigenvalue weighted by Crippen LogP contribution is 2.10. The molecule has 1 aromatic heterocycles. The number of hydrogen-bond acceptors (Lipinski definition) is 4. The molecule has 0 bridgehead atoms. The molecule has 1 fully saturated rings. The monoisotopic (exact) mass is 307 g/mol. The summed E-state index contributed by atoms with van der Waals surface area (Å²) in [5.41, 5.74) is 0.998. The Morgan fingerprint density at radius 1 is 1.58 bits per heavy atom.